The van der Waals surface area contributed by atoms with E-state index in [1.807, 2.05) is 71.7 Å². The number of nitrogens with one attached hydrogen (secondary N) is 6. The van der Waals surface area contributed by atoms with E-state index in [1.54, 1.807) is 83.7 Å². The molecule has 0 saturated carbocycles. The number of ether oxygens (including phenoxy) is 5. The summed E-state index contributed by atoms with van der Waals surface area (Å²) in [7, 11) is 3.84. The Kier molecular flexibility index (Phi) is 23.7. The number of nitrogens with zero attached hydrogens (tertiary/aromatic N) is 17. The molecule has 538 valence electrons. The number of fused-ring (bicyclic) bond motifs is 3. The van der Waals surface area contributed by atoms with Gasteiger partial charge in [0.1, 0.15) is 28.7 Å². The van der Waals surface area contributed by atoms with Gasteiger partial charge in [-0.15, -0.1) is 0 Å². The number of anilines is 4. The van der Waals surface area contributed by atoms with Gasteiger partial charge in [0.2, 0.25) is 17.8 Å². The van der Waals surface area contributed by atoms with Crippen molar-refractivity contribution in [3.05, 3.63) is 152 Å². The van der Waals surface area contributed by atoms with Crippen LogP contribution in [0.15, 0.2) is 141 Å². The standard InChI is InChI=1S/C26H29N7O3.C25H29N7O3.C22H25N9O2/c1-4-35-26(34)32-25-30-22-11-19(10-21(23(22)31-25)24-27-8-5-9-28-24)18-6-7-20(29-12-18)15-33-13-16(2)36-17(3)14-33;1-4-32(11-12-34-3)16-19-8-7-17(15-28-19)18-13-20(23-26-9-6-10-27-23)22-21(14-18)29-24(30-22)31-25(33)35-5-2;1-3-33-22(32)28-21-26-18-11-15(31-5-4-23-14-31)10-16(20(18)27-21)17-12-19(25-13-24-17)30-8-6-29(2)7-9-30/h5-12,16-17H,4,13-15H2,1-3H3,(H2,30,31,32,34);6-10,13-15H,4-5,11-12,16H2,1-3H3,(H2,29,30,31,33);4-5,10-14H,3,6-9H2,1-2H3,(H2,26,27,28,32)/t16-,17+;;. The van der Waals surface area contributed by atoms with Gasteiger partial charge in [0.25, 0.3) is 0 Å². The van der Waals surface area contributed by atoms with Crippen LogP contribution in [0.25, 0.3) is 95.1 Å². The molecular weight excluding hydrogens is 1330 g/mol. The molecule has 2 atom stereocenters. The lowest BCUT2D eigenvalue weighted by Gasteiger charge is -2.35. The van der Waals surface area contributed by atoms with Crippen molar-refractivity contribution in [2.24, 2.45) is 0 Å². The molecule has 14 rings (SSSR count). The highest BCUT2D eigenvalue weighted by atomic mass is 16.6. The summed E-state index contributed by atoms with van der Waals surface area (Å²) < 4.78 is 27.9. The predicted molar refractivity (Wildman–Crippen MR) is 395 cm³/mol. The van der Waals surface area contributed by atoms with Crippen LogP contribution in [-0.4, -0.2) is 217 Å². The first-order valence-electron chi connectivity index (χ1n) is 34.4. The number of aromatic nitrogens is 16. The van der Waals surface area contributed by atoms with Crippen molar-refractivity contribution in [1.29, 1.82) is 0 Å². The number of likely N-dealkylation sites (N-methyl/N-ethyl adjacent to an activating group) is 2. The van der Waals surface area contributed by atoms with Gasteiger partial charge < -0.3 is 53.0 Å². The molecule has 3 aromatic carbocycles. The highest BCUT2D eigenvalue weighted by molar-refractivity contribution is 5.99. The van der Waals surface area contributed by atoms with Gasteiger partial charge in [0, 0.05) is 155 Å². The largest absolute Gasteiger partial charge is 0.450 e. The summed E-state index contributed by atoms with van der Waals surface area (Å²) in [6, 6.07) is 25.6. The molecule has 11 heterocycles. The van der Waals surface area contributed by atoms with E-state index in [1.165, 1.54) is 0 Å². The smallest absolute Gasteiger partial charge is 0.413 e. The van der Waals surface area contributed by atoms with Crippen molar-refractivity contribution in [2.75, 3.05) is 114 Å². The van der Waals surface area contributed by atoms with E-state index in [2.05, 4.69) is 151 Å². The highest BCUT2D eigenvalue weighted by Crippen LogP contribution is 2.36. The number of amides is 3. The number of aromatic amines is 3. The van der Waals surface area contributed by atoms with Crippen LogP contribution in [0.3, 0.4) is 0 Å². The van der Waals surface area contributed by atoms with Gasteiger partial charge in [-0.1, -0.05) is 19.1 Å². The molecule has 0 bridgehead atoms. The molecule has 2 aliphatic rings. The molecule has 2 aliphatic heterocycles. The minimum atomic E-state index is -0.573. The Morgan fingerprint density at radius 3 is 1.59 bits per heavy atom. The topological polar surface area (TPSA) is 353 Å². The lowest BCUT2D eigenvalue weighted by atomic mass is 10.0. The molecular formula is C73H83N23O8. The number of pyridine rings is 2. The number of hydrogen-bond donors (Lipinski definition) is 6. The Hall–Kier alpha value is -11.8. The number of benzene rings is 3. The third kappa shape index (κ3) is 18.3. The molecule has 12 aromatic rings. The lowest BCUT2D eigenvalue weighted by molar-refractivity contribution is -0.0707. The minimum Gasteiger partial charge on any atom is -0.450 e. The fraction of sp³-hybridized carbons (Fsp3) is 0.329. The van der Waals surface area contributed by atoms with Crippen LogP contribution >= 0.6 is 0 Å². The number of hydrogen-bond acceptors (Lipinski definition) is 24. The third-order valence-corrected chi connectivity index (χ3v) is 17.0. The van der Waals surface area contributed by atoms with E-state index in [4.69, 9.17) is 28.7 Å². The average molecular weight is 1410 g/mol. The van der Waals surface area contributed by atoms with Crippen molar-refractivity contribution in [2.45, 2.75) is 66.8 Å². The van der Waals surface area contributed by atoms with Crippen molar-refractivity contribution in [3.63, 3.8) is 0 Å². The van der Waals surface area contributed by atoms with E-state index in [0.29, 0.717) is 46.7 Å². The van der Waals surface area contributed by atoms with E-state index in [0.717, 1.165) is 150 Å². The van der Waals surface area contributed by atoms with Crippen LogP contribution < -0.4 is 20.9 Å². The predicted octanol–water partition coefficient (Wildman–Crippen LogP) is 10.9. The molecule has 9 aromatic heterocycles. The number of carbonyl (C=O) groups excluding carboxylic acids is 3. The molecule has 6 N–H and O–H groups in total. The number of carbonyl (C=O) groups is 3. The van der Waals surface area contributed by atoms with Gasteiger partial charge in [-0.05, 0) is 120 Å². The van der Waals surface area contributed by atoms with Gasteiger partial charge >= 0.3 is 18.3 Å². The molecule has 2 saturated heterocycles. The van der Waals surface area contributed by atoms with Gasteiger partial charge in [-0.25, -0.2) is 64.2 Å². The number of rotatable bonds is 21. The van der Waals surface area contributed by atoms with Gasteiger partial charge in [0.05, 0.1) is 78.6 Å². The minimum absolute atomic E-state index is 0.219. The van der Waals surface area contributed by atoms with Crippen LogP contribution in [0, 0.1) is 0 Å². The monoisotopic (exact) mass is 1410 g/mol. The van der Waals surface area contributed by atoms with Gasteiger partial charge in [-0.2, -0.15) is 0 Å². The normalized spacial score (nSPS) is 14.7. The maximum Gasteiger partial charge on any atom is 0.413 e. The molecule has 31 heteroatoms. The fourth-order valence-corrected chi connectivity index (χ4v) is 12.1. The Balaban J connectivity index is 0.000000147. The number of piperazine rings is 1. The average Bonchev–Trinajstić information content (AvgIpc) is 1.63. The van der Waals surface area contributed by atoms with E-state index in [-0.39, 0.29) is 38.0 Å². The molecule has 0 radical (unpaired) electrons. The third-order valence-electron chi connectivity index (χ3n) is 17.0. The second kappa shape index (κ2) is 34.3. The molecule has 3 amide bonds. The second-order valence-corrected chi connectivity index (χ2v) is 24.6. The Bertz CT molecular complexity index is 4810. The van der Waals surface area contributed by atoms with Crippen LogP contribution in [-0.2, 0) is 36.8 Å². The number of methoxy groups -OCH3 is 1. The maximum atomic E-state index is 11.9. The zero-order valence-corrected chi connectivity index (χ0v) is 59.2. The second-order valence-electron chi connectivity index (χ2n) is 24.6. The summed E-state index contributed by atoms with van der Waals surface area (Å²) >= 11 is 0. The van der Waals surface area contributed by atoms with E-state index >= 15 is 0 Å². The fourth-order valence-electron chi connectivity index (χ4n) is 12.1. The molecule has 2 fully saturated rings. The first-order chi connectivity index (χ1) is 50.7. The number of morpholine rings is 1. The van der Waals surface area contributed by atoms with Crippen LogP contribution in [0.2, 0.25) is 0 Å². The summed E-state index contributed by atoms with van der Waals surface area (Å²) in [6.07, 6.45) is 16.1. The first kappa shape index (κ1) is 72.0. The Labute approximate surface area is 599 Å². The summed E-state index contributed by atoms with van der Waals surface area (Å²) in [5.41, 5.74) is 13.9. The molecule has 0 spiro atoms. The number of H-pyrrole nitrogens is 3. The van der Waals surface area contributed by atoms with E-state index in [9.17, 15) is 14.4 Å². The summed E-state index contributed by atoms with van der Waals surface area (Å²) in [5, 5.41) is 7.89. The van der Waals surface area contributed by atoms with Crippen molar-refractivity contribution < 1.29 is 38.1 Å². The van der Waals surface area contributed by atoms with Crippen molar-refractivity contribution in [3.8, 4) is 62.0 Å². The Morgan fingerprint density at radius 1 is 0.587 bits per heavy atom. The molecule has 0 unspecified atom stereocenters. The van der Waals surface area contributed by atoms with E-state index < -0.39 is 18.3 Å². The molecule has 0 aliphatic carbocycles. The zero-order valence-electron chi connectivity index (χ0n) is 59.2. The summed E-state index contributed by atoms with van der Waals surface area (Å²) in [5.74, 6) is 2.85. The highest BCUT2D eigenvalue weighted by Gasteiger charge is 2.25. The van der Waals surface area contributed by atoms with Gasteiger partial charge in [0.15, 0.2) is 11.6 Å². The number of imidazole rings is 4. The maximum absolute atomic E-state index is 11.9. The van der Waals surface area contributed by atoms with Crippen LogP contribution in [0.5, 0.6) is 0 Å². The Morgan fingerprint density at radius 2 is 1.11 bits per heavy atom. The first-order valence-corrected chi connectivity index (χ1v) is 34.4. The van der Waals surface area contributed by atoms with Crippen molar-refractivity contribution >= 4 is 75.0 Å². The zero-order chi connectivity index (χ0) is 72.5. The molecule has 104 heavy (non-hydrogen) atoms. The summed E-state index contributed by atoms with van der Waals surface area (Å²) in [4.78, 5) is 108. The van der Waals surface area contributed by atoms with Crippen molar-refractivity contribution in [1.82, 2.24) is 94.0 Å². The summed E-state index contributed by atoms with van der Waals surface area (Å²) in [6.45, 7) is 22.0. The lowest BCUT2D eigenvalue weighted by Crippen LogP contribution is -2.44. The van der Waals surface area contributed by atoms with Crippen LogP contribution in [0.4, 0.5) is 38.0 Å². The quantitative estimate of drug-likeness (QED) is 0.0364. The SMILES string of the molecule is CCOC(=O)Nc1nc2c(-c3cc(N4CCN(C)CC4)ncn3)cc(-n3ccnc3)cc2[nH]1.CCOC(=O)Nc1nc2c(-c3ncccn3)cc(-c3ccc(CN(CC)CCOC)nc3)cc2[nH]1.CCOC(=O)Nc1nc2c(-c3ncccn3)cc(-c3ccc(CN4C[C@@H](C)O[C@@H](C)C4)nc3)cc2[nH]1. The van der Waals surface area contributed by atoms with Gasteiger partial charge in [-0.3, -0.25) is 35.7 Å². The molecule has 31 nitrogen and oxygen atoms in total. The van der Waals surface area contributed by atoms with Crippen LogP contribution in [0.1, 0.15) is 52.9 Å².